The van der Waals surface area contributed by atoms with Gasteiger partial charge >= 0.3 is 5.97 Å². The van der Waals surface area contributed by atoms with Gasteiger partial charge in [-0.05, 0) is 30.9 Å². The first kappa shape index (κ1) is 11.3. The van der Waals surface area contributed by atoms with Crippen LogP contribution in [-0.2, 0) is 11.2 Å². The Morgan fingerprint density at radius 2 is 1.87 bits per heavy atom. The quantitative estimate of drug-likeness (QED) is 0.442. The van der Waals surface area contributed by atoms with Crippen molar-refractivity contribution in [1.29, 1.82) is 0 Å². The summed E-state index contributed by atoms with van der Waals surface area (Å²) in [5, 5.41) is 17.3. The fourth-order valence-electron chi connectivity index (χ4n) is 1.28. The minimum absolute atomic E-state index is 0.567. The largest absolute Gasteiger partial charge is 0.502 e. The van der Waals surface area contributed by atoms with Crippen LogP contribution in [0.15, 0.2) is 42.2 Å². The average Bonchev–Trinajstić information content (AvgIpc) is 2.25. The summed E-state index contributed by atoms with van der Waals surface area (Å²) in [4.78, 5) is 10.2. The van der Waals surface area contributed by atoms with E-state index in [4.69, 9.17) is 10.2 Å². The number of carboxylic acid groups (broad SMARTS) is 1. The Bertz CT molecular complexity index is 341. The maximum Gasteiger partial charge on any atom is 0.370 e. The van der Waals surface area contributed by atoms with Crippen molar-refractivity contribution in [3.63, 3.8) is 0 Å². The fraction of sp³-hybridized carbons (Fsp3) is 0.250. The molecule has 0 aliphatic rings. The van der Waals surface area contributed by atoms with Crippen molar-refractivity contribution in [3.8, 4) is 0 Å². The number of carbonyl (C=O) groups is 1. The van der Waals surface area contributed by atoms with Gasteiger partial charge in [0.15, 0.2) is 5.76 Å². The van der Waals surface area contributed by atoms with Gasteiger partial charge in [0.05, 0.1) is 0 Å². The number of aliphatic hydroxyl groups excluding tert-OH is 1. The molecule has 0 bridgehead atoms. The number of rotatable bonds is 5. The van der Waals surface area contributed by atoms with E-state index >= 15 is 0 Å². The zero-order valence-electron chi connectivity index (χ0n) is 8.39. The highest BCUT2D eigenvalue weighted by molar-refractivity contribution is 5.83. The van der Waals surface area contributed by atoms with E-state index in [0.29, 0.717) is 6.42 Å². The van der Waals surface area contributed by atoms with E-state index in [1.165, 1.54) is 11.6 Å². The van der Waals surface area contributed by atoms with Crippen molar-refractivity contribution in [2.75, 3.05) is 0 Å². The number of hydrogen-bond acceptors (Lipinski definition) is 2. The van der Waals surface area contributed by atoms with Crippen LogP contribution in [0.5, 0.6) is 0 Å². The Kier molecular flexibility index (Phi) is 4.41. The van der Waals surface area contributed by atoms with Crippen LogP contribution in [0.1, 0.15) is 18.4 Å². The summed E-state index contributed by atoms with van der Waals surface area (Å²) in [7, 11) is 0. The first-order valence-electron chi connectivity index (χ1n) is 4.86. The zero-order chi connectivity index (χ0) is 11.1. The second-order valence-electron chi connectivity index (χ2n) is 3.27. The van der Waals surface area contributed by atoms with Crippen LogP contribution in [0.2, 0.25) is 0 Å². The van der Waals surface area contributed by atoms with E-state index < -0.39 is 11.7 Å². The highest BCUT2D eigenvalue weighted by Gasteiger charge is 2.01. The first-order chi connectivity index (χ1) is 7.20. The Hall–Kier alpha value is -1.77. The lowest BCUT2D eigenvalue weighted by Gasteiger charge is -1.98. The fourth-order valence-corrected chi connectivity index (χ4v) is 1.28. The molecule has 0 aliphatic carbocycles. The third-order valence-corrected chi connectivity index (χ3v) is 2.07. The molecule has 0 aliphatic heterocycles. The SMILES string of the molecule is O=C(O)C(O)=CCCCc1ccccc1. The molecule has 0 saturated heterocycles. The van der Waals surface area contributed by atoms with Gasteiger partial charge in [0.1, 0.15) is 0 Å². The molecule has 0 amide bonds. The van der Waals surface area contributed by atoms with E-state index in [1.54, 1.807) is 0 Å². The van der Waals surface area contributed by atoms with E-state index in [1.807, 2.05) is 30.3 Å². The standard InChI is InChI=1S/C12H14O3/c13-11(12(14)15)9-5-4-8-10-6-2-1-3-7-10/h1-3,6-7,9,13H,4-5,8H2,(H,14,15). The Morgan fingerprint density at radius 3 is 2.47 bits per heavy atom. The number of aliphatic hydroxyl groups is 1. The van der Waals surface area contributed by atoms with Crippen molar-refractivity contribution >= 4 is 5.97 Å². The number of aliphatic carboxylic acids is 1. The monoisotopic (exact) mass is 206 g/mol. The molecule has 80 valence electrons. The van der Waals surface area contributed by atoms with Crippen LogP contribution >= 0.6 is 0 Å². The van der Waals surface area contributed by atoms with Crippen molar-refractivity contribution < 1.29 is 15.0 Å². The van der Waals surface area contributed by atoms with Crippen molar-refractivity contribution in [2.45, 2.75) is 19.3 Å². The third kappa shape index (κ3) is 4.31. The molecule has 0 spiro atoms. The summed E-state index contributed by atoms with van der Waals surface area (Å²) in [5.74, 6) is -1.84. The van der Waals surface area contributed by atoms with Gasteiger partial charge in [-0.3, -0.25) is 0 Å². The molecule has 1 rings (SSSR count). The second kappa shape index (κ2) is 5.86. The number of aryl methyl sites for hydroxylation is 1. The molecule has 1 aromatic carbocycles. The summed E-state index contributed by atoms with van der Waals surface area (Å²) in [6, 6.07) is 9.96. The molecule has 3 heteroatoms. The minimum Gasteiger partial charge on any atom is -0.502 e. The minimum atomic E-state index is -1.27. The number of benzene rings is 1. The topological polar surface area (TPSA) is 57.5 Å². The summed E-state index contributed by atoms with van der Waals surface area (Å²) in [6.07, 6.45) is 3.64. The Labute approximate surface area is 88.7 Å². The molecular weight excluding hydrogens is 192 g/mol. The number of hydrogen-bond donors (Lipinski definition) is 2. The van der Waals surface area contributed by atoms with Crippen LogP contribution in [0.25, 0.3) is 0 Å². The second-order valence-corrected chi connectivity index (χ2v) is 3.27. The summed E-state index contributed by atoms with van der Waals surface area (Å²) in [6.45, 7) is 0. The van der Waals surface area contributed by atoms with Crippen molar-refractivity contribution in [2.24, 2.45) is 0 Å². The van der Waals surface area contributed by atoms with Gasteiger partial charge in [-0.15, -0.1) is 0 Å². The van der Waals surface area contributed by atoms with Crippen LogP contribution in [0.3, 0.4) is 0 Å². The summed E-state index contributed by atoms with van der Waals surface area (Å²) in [5.41, 5.74) is 1.22. The number of carboxylic acids is 1. The van der Waals surface area contributed by atoms with Gasteiger partial charge in [-0.25, -0.2) is 4.79 Å². The third-order valence-electron chi connectivity index (χ3n) is 2.07. The molecular formula is C12H14O3. The lowest BCUT2D eigenvalue weighted by Crippen LogP contribution is -1.98. The highest BCUT2D eigenvalue weighted by atomic mass is 16.4. The molecule has 0 aromatic heterocycles. The molecule has 0 radical (unpaired) electrons. The van der Waals surface area contributed by atoms with Crippen molar-refractivity contribution in [3.05, 3.63) is 47.7 Å². The van der Waals surface area contributed by atoms with E-state index in [0.717, 1.165) is 12.8 Å². The number of unbranched alkanes of at least 4 members (excludes halogenated alkanes) is 1. The normalized spacial score (nSPS) is 11.3. The number of allylic oxidation sites excluding steroid dienone is 1. The average molecular weight is 206 g/mol. The van der Waals surface area contributed by atoms with Crippen LogP contribution in [-0.4, -0.2) is 16.2 Å². The maximum absolute atomic E-state index is 10.2. The van der Waals surface area contributed by atoms with E-state index in [-0.39, 0.29) is 0 Å². The molecule has 0 saturated carbocycles. The predicted octanol–water partition coefficient (Wildman–Crippen LogP) is 2.54. The van der Waals surface area contributed by atoms with E-state index in [2.05, 4.69) is 0 Å². The van der Waals surface area contributed by atoms with Gasteiger partial charge in [-0.1, -0.05) is 30.3 Å². The van der Waals surface area contributed by atoms with Crippen LogP contribution < -0.4 is 0 Å². The molecule has 0 heterocycles. The molecule has 0 fully saturated rings. The van der Waals surface area contributed by atoms with Gasteiger partial charge < -0.3 is 10.2 Å². The highest BCUT2D eigenvalue weighted by Crippen LogP contribution is 2.05. The summed E-state index contributed by atoms with van der Waals surface area (Å²) >= 11 is 0. The molecule has 0 unspecified atom stereocenters. The predicted molar refractivity (Wildman–Crippen MR) is 57.7 cm³/mol. The van der Waals surface area contributed by atoms with Gasteiger partial charge in [-0.2, -0.15) is 0 Å². The molecule has 15 heavy (non-hydrogen) atoms. The van der Waals surface area contributed by atoms with Gasteiger partial charge in [0.2, 0.25) is 0 Å². The lowest BCUT2D eigenvalue weighted by molar-refractivity contribution is -0.135. The molecule has 1 aromatic rings. The maximum atomic E-state index is 10.2. The summed E-state index contributed by atoms with van der Waals surface area (Å²) < 4.78 is 0. The molecule has 3 nitrogen and oxygen atoms in total. The van der Waals surface area contributed by atoms with Gasteiger partial charge in [0.25, 0.3) is 0 Å². The smallest absolute Gasteiger partial charge is 0.370 e. The van der Waals surface area contributed by atoms with Crippen LogP contribution in [0, 0.1) is 0 Å². The Morgan fingerprint density at radius 1 is 1.20 bits per heavy atom. The molecule has 0 atom stereocenters. The first-order valence-corrected chi connectivity index (χ1v) is 4.86. The molecule has 2 N–H and O–H groups in total. The van der Waals surface area contributed by atoms with Crippen molar-refractivity contribution in [1.82, 2.24) is 0 Å². The van der Waals surface area contributed by atoms with Gasteiger partial charge in [0, 0.05) is 0 Å². The van der Waals surface area contributed by atoms with E-state index in [9.17, 15) is 4.79 Å². The lowest BCUT2D eigenvalue weighted by atomic mass is 10.1. The zero-order valence-corrected chi connectivity index (χ0v) is 8.39. The Balaban J connectivity index is 2.29. The van der Waals surface area contributed by atoms with Crippen LogP contribution in [0.4, 0.5) is 0 Å².